The van der Waals surface area contributed by atoms with E-state index < -0.39 is 0 Å². The molecule has 1 N–H and O–H groups in total. The second kappa shape index (κ2) is 8.23. The first kappa shape index (κ1) is 17.6. The number of aromatic nitrogens is 4. The zero-order chi connectivity index (χ0) is 17.6. The number of hydrogen-bond donors (Lipinski definition) is 1. The fourth-order valence-electron chi connectivity index (χ4n) is 3.65. The van der Waals surface area contributed by atoms with E-state index in [1.807, 2.05) is 30.3 Å². The first-order chi connectivity index (χ1) is 12.1. The largest absolute Gasteiger partial charge is 0.353 e. The van der Waals surface area contributed by atoms with E-state index in [0.717, 1.165) is 5.56 Å². The lowest BCUT2D eigenvalue weighted by molar-refractivity contribution is -0.123. The number of tetrazole rings is 1. The molecule has 2 atom stereocenters. The van der Waals surface area contributed by atoms with Crippen LogP contribution in [-0.2, 0) is 11.3 Å². The predicted octanol–water partition coefficient (Wildman–Crippen LogP) is 3.06. The third-order valence-electron chi connectivity index (χ3n) is 5.12. The number of hydrogen-bond acceptors (Lipinski definition) is 4. The van der Waals surface area contributed by atoms with Crippen LogP contribution in [0.3, 0.4) is 0 Å². The zero-order valence-electron chi connectivity index (χ0n) is 15.1. The van der Waals surface area contributed by atoms with Gasteiger partial charge in [-0.1, -0.05) is 50.6 Å². The van der Waals surface area contributed by atoms with Gasteiger partial charge < -0.3 is 5.32 Å². The maximum absolute atomic E-state index is 12.2. The Morgan fingerprint density at radius 1 is 1.20 bits per heavy atom. The molecule has 1 fully saturated rings. The van der Waals surface area contributed by atoms with E-state index in [4.69, 9.17) is 0 Å². The third-order valence-corrected chi connectivity index (χ3v) is 5.12. The van der Waals surface area contributed by atoms with Crippen LogP contribution in [0.15, 0.2) is 30.3 Å². The van der Waals surface area contributed by atoms with Gasteiger partial charge in [0.25, 0.3) is 0 Å². The van der Waals surface area contributed by atoms with Crippen molar-refractivity contribution in [3.63, 3.8) is 0 Å². The van der Waals surface area contributed by atoms with Crippen LogP contribution in [0.2, 0.25) is 0 Å². The van der Waals surface area contributed by atoms with Crippen LogP contribution in [0.4, 0.5) is 0 Å². The van der Waals surface area contributed by atoms with Gasteiger partial charge in [0.2, 0.25) is 11.7 Å². The van der Waals surface area contributed by atoms with Gasteiger partial charge in [0, 0.05) is 18.0 Å². The first-order valence-corrected chi connectivity index (χ1v) is 9.26. The molecule has 1 amide bonds. The van der Waals surface area contributed by atoms with Crippen LogP contribution in [0.25, 0.3) is 11.4 Å². The lowest BCUT2D eigenvalue weighted by Crippen LogP contribution is -2.45. The molecule has 6 heteroatoms. The molecule has 1 saturated carbocycles. The minimum absolute atomic E-state index is 0.133. The Balaban J connectivity index is 1.45. The van der Waals surface area contributed by atoms with Crippen molar-refractivity contribution in [2.45, 2.75) is 58.5 Å². The molecule has 1 aromatic carbocycles. The number of carbonyl (C=O) groups is 1. The second-order valence-corrected chi connectivity index (χ2v) is 7.16. The van der Waals surface area contributed by atoms with Crippen LogP contribution in [0.1, 0.15) is 46.0 Å². The van der Waals surface area contributed by atoms with Gasteiger partial charge in [0.15, 0.2) is 0 Å². The fourth-order valence-corrected chi connectivity index (χ4v) is 3.65. The number of carbonyl (C=O) groups excluding carboxylic acids is 1. The smallest absolute Gasteiger partial charge is 0.220 e. The summed E-state index contributed by atoms with van der Waals surface area (Å²) in [6.07, 6.45) is 4.90. The number of amides is 1. The summed E-state index contributed by atoms with van der Waals surface area (Å²) in [5, 5.41) is 15.8. The summed E-state index contributed by atoms with van der Waals surface area (Å²) in [5.41, 5.74) is 0.951. The van der Waals surface area contributed by atoms with E-state index in [-0.39, 0.29) is 5.91 Å². The minimum atomic E-state index is 0.133. The molecule has 1 aliphatic carbocycles. The fraction of sp³-hybridized carbons (Fsp3) is 0.579. The Labute approximate surface area is 149 Å². The second-order valence-electron chi connectivity index (χ2n) is 7.16. The van der Waals surface area contributed by atoms with Gasteiger partial charge in [0.1, 0.15) is 0 Å². The van der Waals surface area contributed by atoms with Gasteiger partial charge in [-0.25, -0.2) is 0 Å². The average Bonchev–Trinajstić information content (AvgIpc) is 3.08. The Morgan fingerprint density at radius 2 is 1.92 bits per heavy atom. The molecule has 0 saturated heterocycles. The van der Waals surface area contributed by atoms with E-state index >= 15 is 0 Å². The van der Waals surface area contributed by atoms with Gasteiger partial charge in [-0.15, -0.1) is 10.2 Å². The highest BCUT2D eigenvalue weighted by molar-refractivity contribution is 5.76. The topological polar surface area (TPSA) is 72.7 Å². The molecule has 0 bridgehead atoms. The van der Waals surface area contributed by atoms with E-state index in [9.17, 15) is 4.79 Å². The van der Waals surface area contributed by atoms with Crippen molar-refractivity contribution in [2.24, 2.45) is 11.8 Å². The molecule has 2 aromatic rings. The van der Waals surface area contributed by atoms with Crippen molar-refractivity contribution in [2.75, 3.05) is 0 Å². The van der Waals surface area contributed by atoms with Crippen LogP contribution in [0.5, 0.6) is 0 Å². The molecule has 25 heavy (non-hydrogen) atoms. The van der Waals surface area contributed by atoms with Crippen molar-refractivity contribution >= 4 is 5.91 Å². The molecule has 0 spiro atoms. The molecule has 1 aromatic heterocycles. The summed E-state index contributed by atoms with van der Waals surface area (Å²) in [6.45, 7) is 5.08. The summed E-state index contributed by atoms with van der Waals surface area (Å²) in [6, 6.07) is 10.1. The molecule has 1 heterocycles. The van der Waals surface area contributed by atoms with Crippen molar-refractivity contribution in [1.82, 2.24) is 25.5 Å². The summed E-state index contributed by atoms with van der Waals surface area (Å²) in [7, 11) is 0. The lowest BCUT2D eigenvalue weighted by Gasteiger charge is -2.35. The molecule has 2 unspecified atom stereocenters. The molecule has 1 aliphatic rings. The van der Waals surface area contributed by atoms with Gasteiger partial charge in [-0.2, -0.15) is 4.80 Å². The quantitative estimate of drug-likeness (QED) is 0.876. The van der Waals surface area contributed by atoms with E-state index in [1.165, 1.54) is 19.3 Å². The Morgan fingerprint density at radius 3 is 2.64 bits per heavy atom. The Bertz CT molecular complexity index is 674. The molecule has 3 rings (SSSR count). The highest BCUT2D eigenvalue weighted by atomic mass is 16.1. The van der Waals surface area contributed by atoms with E-state index in [0.29, 0.717) is 43.1 Å². The van der Waals surface area contributed by atoms with Crippen LogP contribution in [0, 0.1) is 11.8 Å². The SMILES string of the molecule is CC1CCCC(C)C1NC(=O)CCCn1nnc(-c2ccccc2)n1. The van der Waals surface area contributed by atoms with Crippen molar-refractivity contribution in [3.05, 3.63) is 30.3 Å². The molecular formula is C19H27N5O. The van der Waals surface area contributed by atoms with Crippen molar-refractivity contribution in [1.29, 1.82) is 0 Å². The maximum Gasteiger partial charge on any atom is 0.220 e. The Hall–Kier alpha value is -2.24. The summed E-state index contributed by atoms with van der Waals surface area (Å²) >= 11 is 0. The van der Waals surface area contributed by atoms with Gasteiger partial charge >= 0.3 is 0 Å². The zero-order valence-corrected chi connectivity index (χ0v) is 15.1. The number of benzene rings is 1. The van der Waals surface area contributed by atoms with E-state index in [1.54, 1.807) is 4.80 Å². The average molecular weight is 341 g/mol. The third kappa shape index (κ3) is 4.65. The molecule has 0 aliphatic heterocycles. The number of nitrogens with zero attached hydrogens (tertiary/aromatic N) is 4. The van der Waals surface area contributed by atoms with Crippen LogP contribution < -0.4 is 5.32 Å². The van der Waals surface area contributed by atoms with Gasteiger partial charge in [-0.3, -0.25) is 4.79 Å². The lowest BCUT2D eigenvalue weighted by atomic mass is 9.78. The first-order valence-electron chi connectivity index (χ1n) is 9.26. The van der Waals surface area contributed by atoms with Crippen LogP contribution in [-0.4, -0.2) is 32.2 Å². The summed E-state index contributed by atoms with van der Waals surface area (Å²) in [5.74, 6) is 1.89. The summed E-state index contributed by atoms with van der Waals surface area (Å²) < 4.78 is 0. The molecular weight excluding hydrogens is 314 g/mol. The highest BCUT2D eigenvalue weighted by Gasteiger charge is 2.28. The van der Waals surface area contributed by atoms with Crippen molar-refractivity contribution in [3.8, 4) is 11.4 Å². The standard InChI is InChI=1S/C19H27N5O/c1-14-8-6-9-15(2)18(14)20-17(25)12-7-13-24-22-19(21-23-24)16-10-4-3-5-11-16/h3-5,10-11,14-15,18H,6-9,12-13H2,1-2H3,(H,20,25). The number of aryl methyl sites for hydroxylation is 1. The van der Waals surface area contributed by atoms with Crippen molar-refractivity contribution < 1.29 is 4.79 Å². The Kier molecular flexibility index (Phi) is 5.79. The van der Waals surface area contributed by atoms with Gasteiger partial charge in [0.05, 0.1) is 6.54 Å². The minimum Gasteiger partial charge on any atom is -0.353 e. The monoisotopic (exact) mass is 341 g/mol. The number of rotatable bonds is 6. The normalized spacial score (nSPS) is 23.4. The molecule has 134 valence electrons. The predicted molar refractivity (Wildman–Crippen MR) is 96.6 cm³/mol. The maximum atomic E-state index is 12.2. The van der Waals surface area contributed by atoms with Gasteiger partial charge in [-0.05, 0) is 36.3 Å². The number of nitrogens with one attached hydrogen (secondary N) is 1. The van der Waals surface area contributed by atoms with E-state index in [2.05, 4.69) is 34.6 Å². The highest BCUT2D eigenvalue weighted by Crippen LogP contribution is 2.28. The van der Waals surface area contributed by atoms with Crippen LogP contribution >= 0.6 is 0 Å². The molecule has 0 radical (unpaired) electrons. The molecule has 6 nitrogen and oxygen atoms in total. The summed E-state index contributed by atoms with van der Waals surface area (Å²) in [4.78, 5) is 13.8.